The molecule has 0 bridgehead atoms. The number of allylic oxidation sites excluding steroid dienone is 1. The molecule has 0 N–H and O–H groups in total. The third-order valence-corrected chi connectivity index (χ3v) is 7.25. The second-order valence-corrected chi connectivity index (χ2v) is 10.0. The summed E-state index contributed by atoms with van der Waals surface area (Å²) in [6.45, 7) is 1.72. The van der Waals surface area contributed by atoms with Gasteiger partial charge in [0.15, 0.2) is 4.80 Å². The van der Waals surface area contributed by atoms with Gasteiger partial charge in [0.1, 0.15) is 5.75 Å². The Morgan fingerprint density at radius 2 is 1.77 bits per heavy atom. The van der Waals surface area contributed by atoms with E-state index < -0.39 is 18.0 Å². The highest BCUT2D eigenvalue weighted by Crippen LogP contribution is 2.31. The number of hydrogen-bond acceptors (Lipinski definition) is 9. The van der Waals surface area contributed by atoms with E-state index in [0.717, 1.165) is 11.3 Å². The van der Waals surface area contributed by atoms with Gasteiger partial charge in [-0.2, -0.15) is 0 Å². The number of fused-ring (bicyclic) bond motifs is 1. The van der Waals surface area contributed by atoms with E-state index >= 15 is 0 Å². The standard InChI is InChI=1S/C29H25N3O6S/c1-17-24(28(35)36-4)25(19-9-13-21(14-10-19)38-27(34)22-6-5-15-37-22)32-26(33)23(39-29(32)30-17)16-18-7-11-20(12-8-18)31(2)3/h5-16,25H,1-4H3. The summed E-state index contributed by atoms with van der Waals surface area (Å²) < 4.78 is 17.5. The van der Waals surface area contributed by atoms with Crippen LogP contribution in [0.4, 0.5) is 5.69 Å². The van der Waals surface area contributed by atoms with E-state index in [4.69, 9.17) is 13.9 Å². The van der Waals surface area contributed by atoms with Gasteiger partial charge in [-0.25, -0.2) is 14.6 Å². The molecule has 5 rings (SSSR count). The lowest BCUT2D eigenvalue weighted by Gasteiger charge is -2.24. The van der Waals surface area contributed by atoms with Crippen LogP contribution in [0, 0.1) is 0 Å². The molecule has 0 radical (unpaired) electrons. The molecule has 0 fully saturated rings. The number of ether oxygens (including phenoxy) is 2. The molecule has 0 saturated heterocycles. The van der Waals surface area contributed by atoms with Crippen molar-refractivity contribution >= 4 is 35.0 Å². The lowest BCUT2D eigenvalue weighted by Crippen LogP contribution is -2.39. The number of thiazole rings is 1. The SMILES string of the molecule is COC(=O)C1=C(C)N=c2sc(=Cc3ccc(N(C)C)cc3)c(=O)n2C1c1ccc(OC(=O)c2ccco2)cc1. The number of carbonyl (C=O) groups excluding carboxylic acids is 2. The highest BCUT2D eigenvalue weighted by Gasteiger charge is 2.33. The molecule has 0 spiro atoms. The van der Waals surface area contributed by atoms with Crippen molar-refractivity contribution in [1.29, 1.82) is 0 Å². The average molecular weight is 544 g/mol. The van der Waals surface area contributed by atoms with Crippen LogP contribution in [0.3, 0.4) is 0 Å². The second kappa shape index (κ2) is 10.6. The molecule has 0 aliphatic carbocycles. The predicted molar refractivity (Wildman–Crippen MR) is 147 cm³/mol. The lowest BCUT2D eigenvalue weighted by atomic mass is 9.96. The van der Waals surface area contributed by atoms with Gasteiger partial charge in [-0.3, -0.25) is 9.36 Å². The van der Waals surface area contributed by atoms with Crippen molar-refractivity contribution in [3.8, 4) is 5.75 Å². The molecule has 3 heterocycles. The quantitative estimate of drug-likeness (QED) is 0.272. The van der Waals surface area contributed by atoms with E-state index in [1.165, 1.54) is 35.3 Å². The Kier molecular flexibility index (Phi) is 7.03. The minimum absolute atomic E-state index is 0.0779. The molecule has 39 heavy (non-hydrogen) atoms. The number of furan rings is 1. The van der Waals surface area contributed by atoms with Crippen molar-refractivity contribution in [2.24, 2.45) is 4.99 Å². The zero-order valence-electron chi connectivity index (χ0n) is 21.7. The van der Waals surface area contributed by atoms with Gasteiger partial charge in [0.2, 0.25) is 5.76 Å². The topological polar surface area (TPSA) is 103 Å². The van der Waals surface area contributed by atoms with E-state index in [1.807, 2.05) is 49.3 Å². The van der Waals surface area contributed by atoms with Gasteiger partial charge in [0.05, 0.1) is 35.2 Å². The van der Waals surface area contributed by atoms with Gasteiger partial charge in [0.25, 0.3) is 5.56 Å². The third kappa shape index (κ3) is 5.06. The number of methoxy groups -OCH3 is 1. The first-order valence-corrected chi connectivity index (χ1v) is 12.8. The Morgan fingerprint density at radius 3 is 2.38 bits per heavy atom. The van der Waals surface area contributed by atoms with Crippen LogP contribution < -0.4 is 24.5 Å². The largest absolute Gasteiger partial charge is 0.466 e. The van der Waals surface area contributed by atoms with Crippen molar-refractivity contribution in [3.63, 3.8) is 0 Å². The summed E-state index contributed by atoms with van der Waals surface area (Å²) in [5.41, 5.74) is 2.99. The summed E-state index contributed by atoms with van der Waals surface area (Å²) in [5.74, 6) is -0.850. The predicted octanol–water partition coefficient (Wildman–Crippen LogP) is 3.29. The molecule has 1 aliphatic heterocycles. The lowest BCUT2D eigenvalue weighted by molar-refractivity contribution is -0.136. The molecule has 10 heteroatoms. The first-order valence-electron chi connectivity index (χ1n) is 12.0. The molecule has 1 atom stereocenters. The van der Waals surface area contributed by atoms with E-state index in [0.29, 0.717) is 20.6 Å². The molecule has 2 aromatic heterocycles. The second-order valence-electron chi connectivity index (χ2n) is 9.00. The van der Waals surface area contributed by atoms with Crippen molar-refractivity contribution in [2.45, 2.75) is 13.0 Å². The monoisotopic (exact) mass is 543 g/mol. The van der Waals surface area contributed by atoms with Crippen LogP contribution in [-0.2, 0) is 9.53 Å². The molecule has 1 unspecified atom stereocenters. The van der Waals surface area contributed by atoms with Gasteiger partial charge in [0, 0.05) is 19.8 Å². The molecule has 0 amide bonds. The Morgan fingerprint density at radius 1 is 1.05 bits per heavy atom. The third-order valence-electron chi connectivity index (χ3n) is 6.26. The maximum atomic E-state index is 13.7. The van der Waals surface area contributed by atoms with Crippen LogP contribution in [-0.4, -0.2) is 37.7 Å². The number of rotatable bonds is 6. The maximum Gasteiger partial charge on any atom is 0.379 e. The van der Waals surface area contributed by atoms with Crippen molar-refractivity contribution in [2.75, 3.05) is 26.1 Å². The Balaban J connectivity index is 1.56. The fourth-order valence-electron chi connectivity index (χ4n) is 4.30. The number of aromatic nitrogens is 1. The molecule has 198 valence electrons. The van der Waals surface area contributed by atoms with Crippen LogP contribution in [0.2, 0.25) is 0 Å². The molecular weight excluding hydrogens is 518 g/mol. The van der Waals surface area contributed by atoms with E-state index in [-0.39, 0.29) is 22.6 Å². The maximum absolute atomic E-state index is 13.7. The number of hydrogen-bond donors (Lipinski definition) is 0. The highest BCUT2D eigenvalue weighted by atomic mass is 32.1. The average Bonchev–Trinajstić information content (AvgIpc) is 3.57. The van der Waals surface area contributed by atoms with Crippen molar-refractivity contribution in [3.05, 3.63) is 115 Å². The summed E-state index contributed by atoms with van der Waals surface area (Å²) in [4.78, 5) is 45.9. The molecular formula is C29H25N3O6S. The number of esters is 2. The Hall–Kier alpha value is -4.70. The first kappa shape index (κ1) is 25.9. The van der Waals surface area contributed by atoms with Gasteiger partial charge in [-0.1, -0.05) is 35.6 Å². The van der Waals surface area contributed by atoms with E-state index in [2.05, 4.69) is 4.99 Å². The summed E-state index contributed by atoms with van der Waals surface area (Å²) in [7, 11) is 5.22. The van der Waals surface area contributed by atoms with Gasteiger partial charge >= 0.3 is 11.9 Å². The Labute approximate surface area is 227 Å². The number of nitrogens with zero attached hydrogens (tertiary/aromatic N) is 3. The van der Waals surface area contributed by atoms with Gasteiger partial charge < -0.3 is 18.8 Å². The van der Waals surface area contributed by atoms with Gasteiger partial charge in [-0.05, 0) is 60.5 Å². The minimum atomic E-state index is -0.776. The minimum Gasteiger partial charge on any atom is -0.466 e. The normalized spacial score (nSPS) is 15.0. The van der Waals surface area contributed by atoms with Gasteiger partial charge in [-0.15, -0.1) is 0 Å². The zero-order chi connectivity index (χ0) is 27.7. The summed E-state index contributed by atoms with van der Waals surface area (Å²) in [6, 6.07) is 16.8. The fraction of sp³-hybridized carbons (Fsp3) is 0.172. The van der Waals surface area contributed by atoms with Crippen LogP contribution in [0.1, 0.15) is 34.6 Å². The molecule has 2 aromatic carbocycles. The number of anilines is 1. The van der Waals surface area contributed by atoms with Crippen molar-refractivity contribution < 1.29 is 23.5 Å². The molecule has 0 saturated carbocycles. The molecule has 4 aromatic rings. The Bertz CT molecular complexity index is 1750. The number of benzene rings is 2. The summed E-state index contributed by atoms with van der Waals surface area (Å²) in [6.07, 6.45) is 3.20. The van der Waals surface area contributed by atoms with Crippen LogP contribution in [0.25, 0.3) is 6.08 Å². The molecule has 1 aliphatic rings. The van der Waals surface area contributed by atoms with Crippen LogP contribution in [0.15, 0.2) is 92.4 Å². The van der Waals surface area contributed by atoms with Crippen molar-refractivity contribution in [1.82, 2.24) is 4.57 Å². The highest BCUT2D eigenvalue weighted by molar-refractivity contribution is 7.07. The summed E-state index contributed by atoms with van der Waals surface area (Å²) >= 11 is 1.25. The number of carbonyl (C=O) groups is 2. The molecule has 9 nitrogen and oxygen atoms in total. The zero-order valence-corrected chi connectivity index (χ0v) is 22.5. The summed E-state index contributed by atoms with van der Waals surface area (Å²) in [5, 5.41) is 0. The smallest absolute Gasteiger partial charge is 0.379 e. The van der Waals surface area contributed by atoms with E-state index in [9.17, 15) is 14.4 Å². The first-order chi connectivity index (χ1) is 18.8. The van der Waals surface area contributed by atoms with Crippen LogP contribution >= 0.6 is 11.3 Å². The van der Waals surface area contributed by atoms with Crippen LogP contribution in [0.5, 0.6) is 5.75 Å². The van der Waals surface area contributed by atoms with E-state index in [1.54, 1.807) is 37.3 Å². The fourth-order valence-corrected chi connectivity index (χ4v) is 5.34.